The number of anilines is 1. The Kier molecular flexibility index (Phi) is 5.12. The number of likely N-dealkylation sites (tertiary alicyclic amines) is 1. The summed E-state index contributed by atoms with van der Waals surface area (Å²) in [6.07, 6.45) is -3.54. The van der Waals surface area contributed by atoms with Gasteiger partial charge >= 0.3 is 12.2 Å². The molecule has 1 saturated heterocycles. The summed E-state index contributed by atoms with van der Waals surface area (Å²) in [6.45, 7) is 0.816. The first kappa shape index (κ1) is 17.1. The minimum Gasteiger partial charge on any atom is -0.345 e. The van der Waals surface area contributed by atoms with Crippen LogP contribution in [0.2, 0.25) is 0 Å². The first-order chi connectivity index (χ1) is 10.8. The van der Waals surface area contributed by atoms with Gasteiger partial charge in [-0.2, -0.15) is 13.2 Å². The Morgan fingerprint density at radius 3 is 2.74 bits per heavy atom. The van der Waals surface area contributed by atoms with Crippen LogP contribution in [-0.4, -0.2) is 42.1 Å². The molecule has 1 fully saturated rings. The van der Waals surface area contributed by atoms with Gasteiger partial charge in [0.1, 0.15) is 12.6 Å². The summed E-state index contributed by atoms with van der Waals surface area (Å²) >= 11 is 0. The molecule has 0 aromatic heterocycles. The van der Waals surface area contributed by atoms with Gasteiger partial charge in [-0.05, 0) is 37.5 Å². The van der Waals surface area contributed by atoms with Gasteiger partial charge in [-0.3, -0.25) is 4.79 Å². The van der Waals surface area contributed by atoms with Crippen molar-refractivity contribution in [2.24, 2.45) is 0 Å². The van der Waals surface area contributed by atoms with E-state index in [2.05, 4.69) is 5.32 Å². The summed E-state index contributed by atoms with van der Waals surface area (Å²) in [4.78, 5) is 25.4. The predicted molar refractivity (Wildman–Crippen MR) is 79.0 cm³/mol. The number of benzene rings is 1. The molecule has 1 heterocycles. The van der Waals surface area contributed by atoms with Crippen LogP contribution in [0.4, 0.5) is 23.7 Å². The molecule has 3 amide bonds. The zero-order valence-corrected chi connectivity index (χ0v) is 12.6. The van der Waals surface area contributed by atoms with E-state index in [0.717, 1.165) is 5.56 Å². The molecule has 1 aliphatic heterocycles. The maximum absolute atomic E-state index is 12.3. The van der Waals surface area contributed by atoms with E-state index in [1.54, 1.807) is 18.2 Å². The van der Waals surface area contributed by atoms with Crippen LogP contribution in [-0.2, 0) is 4.79 Å². The first-order valence-electron chi connectivity index (χ1n) is 7.25. The quantitative estimate of drug-likeness (QED) is 0.896. The highest BCUT2D eigenvalue weighted by Crippen LogP contribution is 2.20. The largest absolute Gasteiger partial charge is 0.405 e. The third-order valence-electron chi connectivity index (χ3n) is 3.55. The van der Waals surface area contributed by atoms with Crippen molar-refractivity contribution in [2.75, 3.05) is 18.4 Å². The highest BCUT2D eigenvalue weighted by molar-refractivity contribution is 5.94. The molecule has 2 rings (SSSR count). The Bertz CT molecular complexity index is 590. The number of hydrogen-bond donors (Lipinski definition) is 2. The first-order valence-corrected chi connectivity index (χ1v) is 7.25. The fourth-order valence-corrected chi connectivity index (χ4v) is 2.51. The molecular weight excluding hydrogens is 311 g/mol. The lowest BCUT2D eigenvalue weighted by Crippen LogP contribution is -2.49. The number of carbonyl (C=O) groups is 2. The van der Waals surface area contributed by atoms with Gasteiger partial charge in [0.2, 0.25) is 5.91 Å². The lowest BCUT2D eigenvalue weighted by molar-refractivity contribution is -0.140. The number of carbonyl (C=O) groups excluding carboxylic acids is 2. The number of rotatable bonds is 3. The normalized spacial score (nSPS) is 17.9. The molecule has 126 valence electrons. The standard InChI is InChI=1S/C15H18F3N3O2/c1-10-4-2-5-11(8-10)20-14(23)21-7-3-6-12(21)13(22)19-9-15(16,17)18/h2,4-5,8,12H,3,6-7,9H2,1H3,(H,19,22)(H,20,23). The summed E-state index contributed by atoms with van der Waals surface area (Å²) < 4.78 is 36.5. The highest BCUT2D eigenvalue weighted by atomic mass is 19.4. The average molecular weight is 329 g/mol. The van der Waals surface area contributed by atoms with E-state index in [9.17, 15) is 22.8 Å². The fourth-order valence-electron chi connectivity index (χ4n) is 2.51. The molecule has 1 aromatic rings. The van der Waals surface area contributed by atoms with E-state index in [0.29, 0.717) is 25.1 Å². The van der Waals surface area contributed by atoms with Gasteiger partial charge in [0.25, 0.3) is 0 Å². The van der Waals surface area contributed by atoms with Crippen molar-refractivity contribution in [3.63, 3.8) is 0 Å². The van der Waals surface area contributed by atoms with Gasteiger partial charge in [-0.25, -0.2) is 4.79 Å². The molecule has 1 aliphatic rings. The van der Waals surface area contributed by atoms with Crippen LogP contribution in [0.5, 0.6) is 0 Å². The van der Waals surface area contributed by atoms with Crippen LogP contribution in [0.15, 0.2) is 24.3 Å². The van der Waals surface area contributed by atoms with Gasteiger partial charge in [0.15, 0.2) is 0 Å². The molecule has 1 atom stereocenters. The van der Waals surface area contributed by atoms with E-state index < -0.39 is 30.7 Å². The number of halogens is 3. The number of hydrogen-bond acceptors (Lipinski definition) is 2. The van der Waals surface area contributed by atoms with Crippen LogP contribution in [0.1, 0.15) is 18.4 Å². The Morgan fingerprint density at radius 2 is 2.09 bits per heavy atom. The van der Waals surface area contributed by atoms with Gasteiger partial charge < -0.3 is 15.5 Å². The summed E-state index contributed by atoms with van der Waals surface area (Å²) in [5, 5.41) is 4.50. The topological polar surface area (TPSA) is 61.4 Å². The molecule has 0 bridgehead atoms. The molecule has 1 aromatic carbocycles. The Balaban J connectivity index is 1.97. The molecule has 0 radical (unpaired) electrons. The second kappa shape index (κ2) is 6.89. The van der Waals surface area contributed by atoms with Crippen molar-refractivity contribution in [1.82, 2.24) is 10.2 Å². The molecule has 2 N–H and O–H groups in total. The van der Waals surface area contributed by atoms with E-state index in [1.807, 2.05) is 18.3 Å². The number of alkyl halides is 3. The lowest BCUT2D eigenvalue weighted by Gasteiger charge is -2.24. The summed E-state index contributed by atoms with van der Waals surface area (Å²) in [6, 6.07) is 5.77. The zero-order valence-electron chi connectivity index (χ0n) is 12.6. The minimum atomic E-state index is -4.47. The molecule has 0 spiro atoms. The fraction of sp³-hybridized carbons (Fsp3) is 0.467. The van der Waals surface area contributed by atoms with Crippen LogP contribution >= 0.6 is 0 Å². The molecular formula is C15H18F3N3O2. The smallest absolute Gasteiger partial charge is 0.345 e. The third kappa shape index (κ3) is 4.87. The van der Waals surface area contributed by atoms with E-state index in [1.165, 1.54) is 4.90 Å². The molecule has 0 aliphatic carbocycles. The zero-order chi connectivity index (χ0) is 17.0. The maximum atomic E-state index is 12.3. The van der Waals surface area contributed by atoms with Crippen LogP contribution in [0.25, 0.3) is 0 Å². The number of nitrogens with one attached hydrogen (secondary N) is 2. The Hall–Kier alpha value is -2.25. The van der Waals surface area contributed by atoms with Crippen molar-refractivity contribution in [3.8, 4) is 0 Å². The van der Waals surface area contributed by atoms with E-state index in [-0.39, 0.29) is 0 Å². The Morgan fingerprint density at radius 1 is 1.35 bits per heavy atom. The predicted octanol–water partition coefficient (Wildman–Crippen LogP) is 2.67. The third-order valence-corrected chi connectivity index (χ3v) is 3.55. The minimum absolute atomic E-state index is 0.335. The van der Waals surface area contributed by atoms with E-state index >= 15 is 0 Å². The monoisotopic (exact) mass is 329 g/mol. The number of urea groups is 1. The second-order valence-corrected chi connectivity index (χ2v) is 5.48. The molecule has 1 unspecified atom stereocenters. The SMILES string of the molecule is Cc1cccc(NC(=O)N2CCCC2C(=O)NCC(F)(F)F)c1. The summed E-state index contributed by atoms with van der Waals surface area (Å²) in [5.74, 6) is -0.779. The average Bonchev–Trinajstić information content (AvgIpc) is 2.93. The second-order valence-electron chi connectivity index (χ2n) is 5.48. The molecule has 5 nitrogen and oxygen atoms in total. The van der Waals surface area contributed by atoms with Crippen LogP contribution < -0.4 is 10.6 Å². The van der Waals surface area contributed by atoms with Crippen molar-refractivity contribution in [1.29, 1.82) is 0 Å². The highest BCUT2D eigenvalue weighted by Gasteiger charge is 2.36. The van der Waals surface area contributed by atoms with Crippen molar-refractivity contribution in [3.05, 3.63) is 29.8 Å². The van der Waals surface area contributed by atoms with Gasteiger partial charge in [-0.1, -0.05) is 12.1 Å². The maximum Gasteiger partial charge on any atom is 0.405 e. The van der Waals surface area contributed by atoms with E-state index in [4.69, 9.17) is 0 Å². The Labute approximate surface area is 131 Å². The number of aryl methyl sites for hydroxylation is 1. The van der Waals surface area contributed by atoms with Crippen molar-refractivity contribution < 1.29 is 22.8 Å². The van der Waals surface area contributed by atoms with Crippen LogP contribution in [0, 0.1) is 6.92 Å². The molecule has 8 heteroatoms. The molecule has 23 heavy (non-hydrogen) atoms. The summed E-state index contributed by atoms with van der Waals surface area (Å²) in [5.41, 5.74) is 1.54. The van der Waals surface area contributed by atoms with Gasteiger partial charge in [-0.15, -0.1) is 0 Å². The van der Waals surface area contributed by atoms with Crippen molar-refractivity contribution in [2.45, 2.75) is 32.0 Å². The van der Waals surface area contributed by atoms with Crippen molar-refractivity contribution >= 4 is 17.6 Å². The number of amides is 3. The number of nitrogens with zero attached hydrogens (tertiary/aromatic N) is 1. The summed E-state index contributed by atoms with van der Waals surface area (Å²) in [7, 11) is 0. The lowest BCUT2D eigenvalue weighted by atomic mass is 10.2. The van der Waals surface area contributed by atoms with Gasteiger partial charge in [0, 0.05) is 12.2 Å². The molecule has 0 saturated carbocycles. The van der Waals surface area contributed by atoms with Gasteiger partial charge in [0.05, 0.1) is 0 Å². The van der Waals surface area contributed by atoms with Crippen LogP contribution in [0.3, 0.4) is 0 Å².